The molecule has 0 saturated heterocycles. The van der Waals surface area contributed by atoms with Crippen molar-refractivity contribution in [2.24, 2.45) is 0 Å². The van der Waals surface area contributed by atoms with Gasteiger partial charge in [-0.3, -0.25) is 9.59 Å². The molecule has 2 amide bonds. The molecule has 1 heterocycles. The number of hydrogen-bond acceptors (Lipinski definition) is 4. The van der Waals surface area contributed by atoms with Crippen LogP contribution in [0.15, 0.2) is 42.5 Å². The second kappa shape index (κ2) is 8.68. The SMILES string of the molecule is CCc1ccccc1NC(=O)Cn1nnc(C(=O)Nc2c(C)cccc2C)c1C. The van der Waals surface area contributed by atoms with E-state index in [0.29, 0.717) is 5.69 Å². The van der Waals surface area contributed by atoms with E-state index < -0.39 is 0 Å². The summed E-state index contributed by atoms with van der Waals surface area (Å²) in [7, 11) is 0. The fraction of sp³-hybridized carbons (Fsp3) is 0.273. The number of carbonyl (C=O) groups excluding carboxylic acids is 2. The van der Waals surface area contributed by atoms with Gasteiger partial charge in [-0.25, -0.2) is 4.68 Å². The summed E-state index contributed by atoms with van der Waals surface area (Å²) in [6, 6.07) is 13.5. The van der Waals surface area contributed by atoms with Crippen LogP contribution in [-0.2, 0) is 17.8 Å². The van der Waals surface area contributed by atoms with Crippen molar-refractivity contribution in [2.75, 3.05) is 10.6 Å². The lowest BCUT2D eigenvalue weighted by Crippen LogP contribution is -2.21. The summed E-state index contributed by atoms with van der Waals surface area (Å²) in [6.45, 7) is 7.61. The highest BCUT2D eigenvalue weighted by molar-refractivity contribution is 6.04. The third-order valence-electron chi connectivity index (χ3n) is 4.88. The van der Waals surface area contributed by atoms with Crippen molar-refractivity contribution in [3.8, 4) is 0 Å². The van der Waals surface area contributed by atoms with Crippen LogP contribution in [-0.4, -0.2) is 26.8 Å². The Labute approximate surface area is 170 Å². The summed E-state index contributed by atoms with van der Waals surface area (Å²) in [5, 5.41) is 13.8. The van der Waals surface area contributed by atoms with Gasteiger partial charge in [0.2, 0.25) is 5.91 Å². The minimum atomic E-state index is -0.345. The molecule has 0 fully saturated rings. The monoisotopic (exact) mass is 391 g/mol. The third kappa shape index (κ3) is 4.51. The Morgan fingerprint density at radius 1 is 0.966 bits per heavy atom. The van der Waals surface area contributed by atoms with E-state index in [2.05, 4.69) is 20.9 Å². The molecular formula is C22H25N5O2. The molecule has 150 valence electrons. The lowest BCUT2D eigenvalue weighted by Gasteiger charge is -2.11. The van der Waals surface area contributed by atoms with Gasteiger partial charge in [0.25, 0.3) is 5.91 Å². The summed E-state index contributed by atoms with van der Waals surface area (Å²) in [5.41, 5.74) is 5.28. The van der Waals surface area contributed by atoms with Crippen LogP contribution in [0.25, 0.3) is 0 Å². The Hall–Kier alpha value is -3.48. The molecule has 0 unspecified atom stereocenters. The number of benzene rings is 2. The quantitative estimate of drug-likeness (QED) is 0.671. The molecule has 0 bridgehead atoms. The van der Waals surface area contributed by atoms with E-state index in [9.17, 15) is 9.59 Å². The van der Waals surface area contributed by atoms with E-state index in [1.165, 1.54) is 4.68 Å². The molecule has 0 saturated carbocycles. The molecule has 1 aromatic heterocycles. The number of nitrogens with one attached hydrogen (secondary N) is 2. The van der Waals surface area contributed by atoms with E-state index in [4.69, 9.17) is 0 Å². The molecule has 0 aliphatic carbocycles. The topological polar surface area (TPSA) is 88.9 Å². The van der Waals surface area contributed by atoms with E-state index >= 15 is 0 Å². The maximum absolute atomic E-state index is 12.7. The summed E-state index contributed by atoms with van der Waals surface area (Å²) < 4.78 is 1.43. The van der Waals surface area contributed by atoms with Gasteiger partial charge in [-0.15, -0.1) is 5.10 Å². The molecule has 7 nitrogen and oxygen atoms in total. The first-order valence-electron chi connectivity index (χ1n) is 9.56. The van der Waals surface area contributed by atoms with Gasteiger partial charge in [0.1, 0.15) is 6.54 Å². The van der Waals surface area contributed by atoms with Crippen molar-refractivity contribution in [3.63, 3.8) is 0 Å². The van der Waals surface area contributed by atoms with Crippen molar-refractivity contribution < 1.29 is 9.59 Å². The molecular weight excluding hydrogens is 366 g/mol. The molecule has 2 aromatic carbocycles. The lowest BCUT2D eigenvalue weighted by atomic mass is 10.1. The zero-order valence-electron chi connectivity index (χ0n) is 17.1. The number of anilines is 2. The number of amides is 2. The number of hydrogen-bond donors (Lipinski definition) is 2. The van der Waals surface area contributed by atoms with Gasteiger partial charge >= 0.3 is 0 Å². The average Bonchev–Trinajstić information content (AvgIpc) is 3.05. The Morgan fingerprint density at radius 3 is 2.34 bits per heavy atom. The van der Waals surface area contributed by atoms with Crippen LogP contribution >= 0.6 is 0 Å². The lowest BCUT2D eigenvalue weighted by molar-refractivity contribution is -0.117. The minimum Gasteiger partial charge on any atom is -0.324 e. The van der Waals surface area contributed by atoms with Gasteiger partial charge in [0, 0.05) is 11.4 Å². The van der Waals surface area contributed by atoms with Crippen LogP contribution in [0.5, 0.6) is 0 Å². The molecule has 0 aliphatic heterocycles. The van der Waals surface area contributed by atoms with Crippen molar-refractivity contribution in [1.29, 1.82) is 0 Å². The van der Waals surface area contributed by atoms with Gasteiger partial charge in [0.15, 0.2) is 5.69 Å². The number of para-hydroxylation sites is 2. The van der Waals surface area contributed by atoms with Gasteiger partial charge in [0.05, 0.1) is 5.69 Å². The highest BCUT2D eigenvalue weighted by atomic mass is 16.2. The predicted molar refractivity (Wildman–Crippen MR) is 113 cm³/mol. The zero-order valence-corrected chi connectivity index (χ0v) is 17.1. The largest absolute Gasteiger partial charge is 0.324 e. The van der Waals surface area contributed by atoms with Crippen LogP contribution in [0, 0.1) is 20.8 Å². The van der Waals surface area contributed by atoms with Crippen LogP contribution in [0.1, 0.15) is 39.8 Å². The van der Waals surface area contributed by atoms with E-state index in [0.717, 1.165) is 34.5 Å². The second-order valence-electron chi connectivity index (χ2n) is 6.96. The molecule has 0 radical (unpaired) electrons. The van der Waals surface area contributed by atoms with Crippen molar-refractivity contribution >= 4 is 23.2 Å². The minimum absolute atomic E-state index is 0.0203. The third-order valence-corrected chi connectivity index (χ3v) is 4.88. The summed E-state index contributed by atoms with van der Waals surface area (Å²) in [5.74, 6) is -0.566. The van der Waals surface area contributed by atoms with Crippen LogP contribution in [0.2, 0.25) is 0 Å². The van der Waals surface area contributed by atoms with E-state index in [-0.39, 0.29) is 24.1 Å². The van der Waals surface area contributed by atoms with Crippen LogP contribution in [0.3, 0.4) is 0 Å². The van der Waals surface area contributed by atoms with Gasteiger partial charge in [-0.1, -0.05) is 48.5 Å². The second-order valence-corrected chi connectivity index (χ2v) is 6.96. The normalized spacial score (nSPS) is 10.6. The van der Waals surface area contributed by atoms with Crippen LogP contribution < -0.4 is 10.6 Å². The smallest absolute Gasteiger partial charge is 0.278 e. The number of rotatable bonds is 6. The highest BCUT2D eigenvalue weighted by Gasteiger charge is 2.19. The fourth-order valence-electron chi connectivity index (χ4n) is 3.18. The molecule has 3 rings (SSSR count). The zero-order chi connectivity index (χ0) is 21.0. The van der Waals surface area contributed by atoms with E-state index in [1.54, 1.807) is 6.92 Å². The van der Waals surface area contributed by atoms with Gasteiger partial charge in [-0.05, 0) is 49.9 Å². The summed E-state index contributed by atoms with van der Waals surface area (Å²) in [6.07, 6.45) is 0.821. The van der Waals surface area contributed by atoms with Crippen molar-refractivity contribution in [3.05, 3.63) is 70.5 Å². The maximum Gasteiger partial charge on any atom is 0.278 e. The summed E-state index contributed by atoms with van der Waals surface area (Å²) >= 11 is 0. The van der Waals surface area contributed by atoms with Gasteiger partial charge < -0.3 is 10.6 Å². The molecule has 0 spiro atoms. The fourth-order valence-corrected chi connectivity index (χ4v) is 3.18. The predicted octanol–water partition coefficient (Wildman–Crippen LogP) is 3.66. The molecule has 3 aromatic rings. The van der Waals surface area contributed by atoms with Crippen LogP contribution in [0.4, 0.5) is 11.4 Å². The maximum atomic E-state index is 12.7. The molecule has 29 heavy (non-hydrogen) atoms. The van der Waals surface area contributed by atoms with Crippen molar-refractivity contribution in [1.82, 2.24) is 15.0 Å². The first kappa shape index (κ1) is 20.3. The Morgan fingerprint density at radius 2 is 1.66 bits per heavy atom. The Kier molecular flexibility index (Phi) is 6.07. The number of aryl methyl sites for hydroxylation is 3. The Balaban J connectivity index is 1.72. The Bertz CT molecular complexity index is 1030. The van der Waals surface area contributed by atoms with Gasteiger partial charge in [-0.2, -0.15) is 0 Å². The molecule has 0 atom stereocenters. The number of aromatic nitrogens is 3. The molecule has 2 N–H and O–H groups in total. The average molecular weight is 391 g/mol. The summed E-state index contributed by atoms with van der Waals surface area (Å²) in [4.78, 5) is 25.1. The number of carbonyl (C=O) groups is 2. The van der Waals surface area contributed by atoms with Crippen molar-refractivity contribution in [2.45, 2.75) is 40.7 Å². The van der Waals surface area contributed by atoms with E-state index in [1.807, 2.05) is 63.2 Å². The molecule has 7 heteroatoms. The highest BCUT2D eigenvalue weighted by Crippen LogP contribution is 2.20. The first-order valence-corrected chi connectivity index (χ1v) is 9.56. The number of nitrogens with zero attached hydrogens (tertiary/aromatic N) is 3. The standard InChI is InChI=1S/C22H25N5O2/c1-5-17-11-6-7-12-18(17)23-19(28)13-27-16(4)21(25-26-27)22(29)24-20-14(2)9-8-10-15(20)3/h6-12H,5,13H2,1-4H3,(H,23,28)(H,24,29). The first-order chi connectivity index (χ1) is 13.9. The molecule has 0 aliphatic rings.